The molecule has 0 aliphatic rings. The molecule has 1 N–H and O–H groups in total. The molecule has 0 aliphatic heterocycles. The third-order valence-electron chi connectivity index (χ3n) is 4.27. The molecule has 0 bridgehead atoms. The van der Waals surface area contributed by atoms with Gasteiger partial charge in [0.1, 0.15) is 0 Å². The van der Waals surface area contributed by atoms with E-state index in [0.29, 0.717) is 28.7 Å². The molecule has 0 spiro atoms. The van der Waals surface area contributed by atoms with Crippen molar-refractivity contribution in [3.8, 4) is 17.2 Å². The summed E-state index contributed by atoms with van der Waals surface area (Å²) in [7, 11) is 4.53. The van der Waals surface area contributed by atoms with Crippen molar-refractivity contribution < 1.29 is 28.5 Å². The lowest BCUT2D eigenvalue weighted by Gasteiger charge is -2.16. The number of esters is 1. The summed E-state index contributed by atoms with van der Waals surface area (Å²) in [6, 6.07) is 6.38. The number of ether oxygens (including phenoxy) is 4. The van der Waals surface area contributed by atoms with Crippen LogP contribution in [0.4, 0.5) is 5.69 Å². The van der Waals surface area contributed by atoms with Crippen molar-refractivity contribution in [3.05, 3.63) is 44.9 Å². The van der Waals surface area contributed by atoms with E-state index in [1.54, 1.807) is 12.1 Å². The van der Waals surface area contributed by atoms with Gasteiger partial charge in [-0.3, -0.25) is 9.59 Å². The van der Waals surface area contributed by atoms with Gasteiger partial charge in [0.15, 0.2) is 17.6 Å². The number of anilines is 1. The first-order valence-corrected chi connectivity index (χ1v) is 10.3. The van der Waals surface area contributed by atoms with E-state index in [2.05, 4.69) is 5.32 Å². The Kier molecular flexibility index (Phi) is 9.10. The Hall–Kier alpha value is -2.35. The van der Waals surface area contributed by atoms with Crippen LogP contribution < -0.4 is 19.5 Å². The Morgan fingerprint density at radius 2 is 1.48 bits per heavy atom. The Balaban J connectivity index is 1.97. The third kappa shape index (κ3) is 6.56. The summed E-state index contributed by atoms with van der Waals surface area (Å²) in [6.07, 6.45) is -0.674. The molecular formula is C21H22Cl3NO6. The number of hydrogen-bond acceptors (Lipinski definition) is 6. The van der Waals surface area contributed by atoms with Crippen molar-refractivity contribution in [2.45, 2.75) is 25.9 Å². The van der Waals surface area contributed by atoms with Gasteiger partial charge in [0, 0.05) is 11.4 Å². The maximum Gasteiger partial charge on any atom is 0.306 e. The molecule has 0 aliphatic carbocycles. The average Bonchev–Trinajstić information content (AvgIpc) is 2.73. The highest BCUT2D eigenvalue weighted by molar-refractivity contribution is 6.42. The molecule has 1 amide bonds. The molecule has 2 aromatic carbocycles. The predicted octanol–water partition coefficient (Wildman–Crippen LogP) is 5.18. The van der Waals surface area contributed by atoms with Gasteiger partial charge < -0.3 is 24.3 Å². The van der Waals surface area contributed by atoms with Crippen LogP contribution in [-0.2, 0) is 20.7 Å². The number of carbonyl (C=O) groups is 2. The third-order valence-corrected chi connectivity index (χ3v) is 5.09. The van der Waals surface area contributed by atoms with E-state index in [4.69, 9.17) is 53.8 Å². The van der Waals surface area contributed by atoms with Crippen molar-refractivity contribution >= 4 is 52.4 Å². The van der Waals surface area contributed by atoms with E-state index in [1.165, 1.54) is 40.4 Å². The predicted molar refractivity (Wildman–Crippen MR) is 120 cm³/mol. The second kappa shape index (κ2) is 11.3. The fourth-order valence-electron chi connectivity index (χ4n) is 2.72. The molecule has 2 aromatic rings. The fraction of sp³-hybridized carbons (Fsp3) is 0.333. The van der Waals surface area contributed by atoms with Crippen molar-refractivity contribution in [2.75, 3.05) is 26.6 Å². The molecule has 168 valence electrons. The topological polar surface area (TPSA) is 83.1 Å². The molecule has 0 heterocycles. The van der Waals surface area contributed by atoms with Crippen LogP contribution in [0, 0.1) is 0 Å². The molecule has 2 rings (SSSR count). The molecule has 0 aromatic heterocycles. The summed E-state index contributed by atoms with van der Waals surface area (Å²) in [5.74, 6) is 0.294. The van der Waals surface area contributed by atoms with Crippen LogP contribution in [0.3, 0.4) is 0 Å². The summed E-state index contributed by atoms with van der Waals surface area (Å²) < 4.78 is 21.1. The molecule has 0 saturated heterocycles. The fourth-order valence-corrected chi connectivity index (χ4v) is 3.63. The first kappa shape index (κ1) is 24.9. The molecule has 0 saturated carbocycles. The SMILES string of the molecule is COc1cc(CCC(=O)OC(C)C(=O)Nc2c(Cl)cc(Cl)cc2Cl)cc(OC)c1OC. The van der Waals surface area contributed by atoms with Crippen LogP contribution in [0.1, 0.15) is 18.9 Å². The molecule has 1 atom stereocenters. The number of methoxy groups -OCH3 is 3. The van der Waals surface area contributed by atoms with Gasteiger partial charge in [0.05, 0.1) is 37.1 Å². The minimum atomic E-state index is -1.06. The zero-order chi connectivity index (χ0) is 23.1. The zero-order valence-electron chi connectivity index (χ0n) is 17.4. The van der Waals surface area contributed by atoms with Gasteiger partial charge in [-0.15, -0.1) is 0 Å². The largest absolute Gasteiger partial charge is 0.493 e. The van der Waals surface area contributed by atoms with E-state index in [9.17, 15) is 9.59 Å². The normalized spacial score (nSPS) is 11.5. The molecule has 10 heteroatoms. The number of nitrogens with one attached hydrogen (secondary N) is 1. The van der Waals surface area contributed by atoms with E-state index in [-0.39, 0.29) is 22.2 Å². The van der Waals surface area contributed by atoms with Crippen LogP contribution >= 0.6 is 34.8 Å². The van der Waals surface area contributed by atoms with Gasteiger partial charge in [-0.2, -0.15) is 0 Å². The van der Waals surface area contributed by atoms with Gasteiger partial charge in [-0.25, -0.2) is 0 Å². The van der Waals surface area contributed by atoms with E-state index in [1.807, 2.05) is 0 Å². The highest BCUT2D eigenvalue weighted by Crippen LogP contribution is 2.38. The molecule has 0 fully saturated rings. The standard InChI is InChI=1S/C21H22Cl3NO6/c1-11(21(27)25-19-14(23)9-13(22)10-15(19)24)31-18(26)6-5-12-7-16(28-2)20(30-4)17(8-12)29-3/h7-11H,5-6H2,1-4H3,(H,25,27). The number of carbonyl (C=O) groups excluding carboxylic acids is 2. The quantitative estimate of drug-likeness (QED) is 0.488. The molecule has 1 unspecified atom stereocenters. The van der Waals surface area contributed by atoms with E-state index >= 15 is 0 Å². The number of hydrogen-bond donors (Lipinski definition) is 1. The maximum absolute atomic E-state index is 12.4. The molecule has 0 radical (unpaired) electrons. The number of amides is 1. The Morgan fingerprint density at radius 1 is 0.935 bits per heavy atom. The van der Waals surface area contributed by atoms with E-state index in [0.717, 1.165) is 5.56 Å². The lowest BCUT2D eigenvalue weighted by Crippen LogP contribution is -2.30. The highest BCUT2D eigenvalue weighted by Gasteiger charge is 2.21. The first-order chi connectivity index (χ1) is 14.7. The number of benzene rings is 2. The maximum atomic E-state index is 12.4. The van der Waals surface area contributed by atoms with Crippen molar-refractivity contribution in [3.63, 3.8) is 0 Å². The summed E-state index contributed by atoms with van der Waals surface area (Å²) in [6.45, 7) is 1.45. The van der Waals surface area contributed by atoms with Gasteiger partial charge in [0.2, 0.25) is 5.75 Å². The molecular weight excluding hydrogens is 469 g/mol. The average molecular weight is 491 g/mol. The summed E-state index contributed by atoms with van der Waals surface area (Å²) >= 11 is 18.0. The number of halogens is 3. The van der Waals surface area contributed by atoms with E-state index < -0.39 is 18.0 Å². The van der Waals surface area contributed by atoms with Crippen molar-refractivity contribution in [2.24, 2.45) is 0 Å². The first-order valence-electron chi connectivity index (χ1n) is 9.13. The van der Waals surface area contributed by atoms with Crippen molar-refractivity contribution in [1.29, 1.82) is 0 Å². The Labute approximate surface area is 195 Å². The minimum absolute atomic E-state index is 0.0404. The van der Waals surface area contributed by atoms with Crippen molar-refractivity contribution in [1.82, 2.24) is 0 Å². The van der Waals surface area contributed by atoms with Gasteiger partial charge in [-0.05, 0) is 43.2 Å². The van der Waals surface area contributed by atoms with Gasteiger partial charge in [0.25, 0.3) is 5.91 Å². The lowest BCUT2D eigenvalue weighted by molar-refractivity contribution is -0.153. The van der Waals surface area contributed by atoms with Crippen LogP contribution in [0.5, 0.6) is 17.2 Å². The molecule has 31 heavy (non-hydrogen) atoms. The lowest BCUT2D eigenvalue weighted by atomic mass is 10.1. The summed E-state index contributed by atoms with van der Waals surface area (Å²) in [4.78, 5) is 24.6. The van der Waals surface area contributed by atoms with Gasteiger partial charge >= 0.3 is 5.97 Å². The second-order valence-corrected chi connectivity index (χ2v) is 7.65. The number of aryl methyl sites for hydroxylation is 1. The second-order valence-electron chi connectivity index (χ2n) is 6.40. The Morgan fingerprint density at radius 3 is 1.97 bits per heavy atom. The van der Waals surface area contributed by atoms with Gasteiger partial charge in [-0.1, -0.05) is 34.8 Å². The van der Waals surface area contributed by atoms with Crippen LogP contribution in [0.2, 0.25) is 15.1 Å². The minimum Gasteiger partial charge on any atom is -0.493 e. The zero-order valence-corrected chi connectivity index (χ0v) is 19.7. The number of rotatable bonds is 9. The van der Waals surface area contributed by atoms with Crippen LogP contribution in [0.25, 0.3) is 0 Å². The monoisotopic (exact) mass is 489 g/mol. The Bertz CT molecular complexity index is 918. The highest BCUT2D eigenvalue weighted by atomic mass is 35.5. The molecule has 7 nitrogen and oxygen atoms in total. The summed E-state index contributed by atoms with van der Waals surface area (Å²) in [5, 5.41) is 3.22. The summed E-state index contributed by atoms with van der Waals surface area (Å²) in [5.41, 5.74) is 0.973. The van der Waals surface area contributed by atoms with Crippen LogP contribution in [-0.4, -0.2) is 39.3 Å². The van der Waals surface area contributed by atoms with Crippen LogP contribution in [0.15, 0.2) is 24.3 Å². The smallest absolute Gasteiger partial charge is 0.306 e.